The zero-order valence-corrected chi connectivity index (χ0v) is 16.4. The van der Waals surface area contributed by atoms with Crippen LogP contribution in [-0.2, 0) is 4.74 Å². The molecule has 0 N–H and O–H groups in total. The molecule has 0 atom stereocenters. The Kier molecular flexibility index (Phi) is 7.66. The van der Waals surface area contributed by atoms with Crippen molar-refractivity contribution >= 4 is 27.7 Å². The fourth-order valence-corrected chi connectivity index (χ4v) is 2.77. The first-order chi connectivity index (χ1) is 12.6. The Morgan fingerprint density at radius 3 is 2.38 bits per heavy atom. The highest BCUT2D eigenvalue weighted by atomic mass is 79.9. The van der Waals surface area contributed by atoms with Gasteiger partial charge < -0.3 is 14.2 Å². The smallest absolute Gasteiger partial charge is 0.338 e. The largest absolute Gasteiger partial charge is 0.490 e. The average Bonchev–Trinajstić information content (AvgIpc) is 2.66. The molecular weight excluding hydrogens is 400 g/mol. The molecule has 0 spiro atoms. The second kappa shape index (κ2) is 9.97. The summed E-state index contributed by atoms with van der Waals surface area (Å²) >= 11 is 3.40. The summed E-state index contributed by atoms with van der Waals surface area (Å²) in [5.41, 5.74) is 0.782. The van der Waals surface area contributed by atoms with Crippen LogP contribution in [0.5, 0.6) is 11.5 Å². The fourth-order valence-electron chi connectivity index (χ4n) is 2.21. The molecule has 0 saturated carbocycles. The molecule has 0 heterocycles. The topological polar surface area (TPSA) is 61.8 Å². The second-order valence-electron chi connectivity index (χ2n) is 5.43. The normalized spacial score (nSPS) is 10.3. The number of carbonyl (C=O) groups is 2. The SMILES string of the molecule is CCCOc1c(Br)cc(C(=O)OCC(=O)c2ccccc2)cc1OCC. The van der Waals surface area contributed by atoms with E-state index in [2.05, 4.69) is 15.9 Å². The summed E-state index contributed by atoms with van der Waals surface area (Å²) in [4.78, 5) is 24.4. The van der Waals surface area contributed by atoms with Crippen LogP contribution in [0.25, 0.3) is 0 Å². The molecule has 2 aromatic rings. The molecule has 0 amide bonds. The zero-order chi connectivity index (χ0) is 18.9. The van der Waals surface area contributed by atoms with Crippen LogP contribution in [0.3, 0.4) is 0 Å². The van der Waals surface area contributed by atoms with Crippen molar-refractivity contribution in [2.45, 2.75) is 20.3 Å². The predicted octanol–water partition coefficient (Wildman–Crippen LogP) is 4.68. The van der Waals surface area contributed by atoms with E-state index in [-0.39, 0.29) is 18.0 Å². The fraction of sp³-hybridized carbons (Fsp3) is 0.300. The van der Waals surface area contributed by atoms with Crippen LogP contribution in [-0.4, -0.2) is 31.6 Å². The number of rotatable bonds is 9. The van der Waals surface area contributed by atoms with Gasteiger partial charge in [-0.15, -0.1) is 0 Å². The van der Waals surface area contributed by atoms with E-state index in [4.69, 9.17) is 14.2 Å². The van der Waals surface area contributed by atoms with Gasteiger partial charge in [0.25, 0.3) is 0 Å². The van der Waals surface area contributed by atoms with Crippen LogP contribution >= 0.6 is 15.9 Å². The van der Waals surface area contributed by atoms with Gasteiger partial charge in [-0.05, 0) is 41.4 Å². The maximum atomic E-state index is 12.3. The molecule has 2 rings (SSSR count). The first-order valence-corrected chi connectivity index (χ1v) is 9.20. The van der Waals surface area contributed by atoms with Gasteiger partial charge in [-0.1, -0.05) is 37.3 Å². The Labute approximate surface area is 161 Å². The maximum Gasteiger partial charge on any atom is 0.338 e. The molecule has 0 bridgehead atoms. The third-order valence-electron chi connectivity index (χ3n) is 3.43. The number of esters is 1. The van der Waals surface area contributed by atoms with E-state index < -0.39 is 5.97 Å². The van der Waals surface area contributed by atoms with Gasteiger partial charge in [0.1, 0.15) is 0 Å². The highest BCUT2D eigenvalue weighted by molar-refractivity contribution is 9.10. The Bertz CT molecular complexity index is 758. The summed E-state index contributed by atoms with van der Waals surface area (Å²) in [6.07, 6.45) is 0.851. The minimum Gasteiger partial charge on any atom is -0.490 e. The predicted molar refractivity (Wildman–Crippen MR) is 102 cm³/mol. The summed E-state index contributed by atoms with van der Waals surface area (Å²) < 4.78 is 17.0. The first kappa shape index (κ1) is 20.0. The first-order valence-electron chi connectivity index (χ1n) is 8.41. The lowest BCUT2D eigenvalue weighted by Crippen LogP contribution is -2.14. The molecule has 0 saturated heterocycles. The van der Waals surface area contributed by atoms with Crippen LogP contribution in [0.1, 0.15) is 41.0 Å². The van der Waals surface area contributed by atoms with E-state index in [1.807, 2.05) is 19.9 Å². The number of Topliss-reactive ketones (excluding diaryl/α,β-unsaturated/α-hetero) is 1. The van der Waals surface area contributed by atoms with Gasteiger partial charge in [-0.3, -0.25) is 4.79 Å². The minimum absolute atomic E-state index is 0.258. The van der Waals surface area contributed by atoms with Crippen LogP contribution in [0, 0.1) is 0 Å². The van der Waals surface area contributed by atoms with E-state index in [1.54, 1.807) is 36.4 Å². The molecule has 5 nitrogen and oxygen atoms in total. The lowest BCUT2D eigenvalue weighted by atomic mass is 10.1. The van der Waals surface area contributed by atoms with Crippen molar-refractivity contribution in [2.24, 2.45) is 0 Å². The van der Waals surface area contributed by atoms with Gasteiger partial charge in [0, 0.05) is 5.56 Å². The Morgan fingerprint density at radius 2 is 1.73 bits per heavy atom. The number of hydrogen-bond acceptors (Lipinski definition) is 5. The van der Waals surface area contributed by atoms with E-state index >= 15 is 0 Å². The van der Waals surface area contributed by atoms with E-state index in [0.717, 1.165) is 6.42 Å². The molecule has 0 radical (unpaired) electrons. The van der Waals surface area contributed by atoms with Crippen molar-refractivity contribution in [1.29, 1.82) is 0 Å². The average molecular weight is 421 g/mol. The van der Waals surface area contributed by atoms with Gasteiger partial charge in [-0.25, -0.2) is 4.79 Å². The molecule has 138 valence electrons. The van der Waals surface area contributed by atoms with Crippen LogP contribution in [0.2, 0.25) is 0 Å². The molecule has 0 aromatic heterocycles. The van der Waals surface area contributed by atoms with Crippen molar-refractivity contribution in [3.8, 4) is 11.5 Å². The van der Waals surface area contributed by atoms with Crippen molar-refractivity contribution < 1.29 is 23.8 Å². The Balaban J connectivity index is 2.11. The standard InChI is InChI=1S/C20H21BrO5/c1-3-10-25-19-16(21)11-15(12-18(19)24-4-2)20(23)26-13-17(22)14-8-6-5-7-9-14/h5-9,11-12H,3-4,10,13H2,1-2H3. The van der Waals surface area contributed by atoms with Gasteiger partial charge in [0.2, 0.25) is 0 Å². The van der Waals surface area contributed by atoms with Gasteiger partial charge >= 0.3 is 5.97 Å². The molecule has 26 heavy (non-hydrogen) atoms. The van der Waals surface area contributed by atoms with Crippen molar-refractivity contribution in [1.82, 2.24) is 0 Å². The van der Waals surface area contributed by atoms with Crippen LogP contribution < -0.4 is 9.47 Å². The number of ketones is 1. The number of carbonyl (C=O) groups excluding carboxylic acids is 2. The van der Waals surface area contributed by atoms with Crippen molar-refractivity contribution in [3.63, 3.8) is 0 Å². The third kappa shape index (κ3) is 5.33. The van der Waals surface area contributed by atoms with E-state index in [1.165, 1.54) is 0 Å². The zero-order valence-electron chi connectivity index (χ0n) is 14.8. The quantitative estimate of drug-likeness (QED) is 0.435. The Morgan fingerprint density at radius 1 is 1.00 bits per heavy atom. The number of hydrogen-bond donors (Lipinski definition) is 0. The second-order valence-corrected chi connectivity index (χ2v) is 6.29. The lowest BCUT2D eigenvalue weighted by molar-refractivity contribution is 0.0474. The molecule has 2 aromatic carbocycles. The molecule has 0 aliphatic heterocycles. The molecule has 0 fully saturated rings. The molecule has 0 aliphatic rings. The molecular formula is C20H21BrO5. The number of halogens is 1. The molecule has 6 heteroatoms. The van der Waals surface area contributed by atoms with Crippen LogP contribution in [0.15, 0.2) is 46.9 Å². The number of benzene rings is 2. The summed E-state index contributed by atoms with van der Waals surface area (Å²) in [5, 5.41) is 0. The summed E-state index contributed by atoms with van der Waals surface area (Å²) in [6.45, 7) is 4.50. The molecule has 0 aliphatic carbocycles. The van der Waals surface area contributed by atoms with Crippen LogP contribution in [0.4, 0.5) is 0 Å². The summed E-state index contributed by atoms with van der Waals surface area (Å²) in [7, 11) is 0. The summed E-state index contributed by atoms with van der Waals surface area (Å²) in [5.74, 6) is 0.145. The van der Waals surface area contributed by atoms with Crippen molar-refractivity contribution in [3.05, 3.63) is 58.1 Å². The minimum atomic E-state index is -0.599. The number of ether oxygens (including phenoxy) is 3. The highest BCUT2D eigenvalue weighted by Gasteiger charge is 2.18. The van der Waals surface area contributed by atoms with E-state index in [9.17, 15) is 9.59 Å². The third-order valence-corrected chi connectivity index (χ3v) is 4.01. The lowest BCUT2D eigenvalue weighted by Gasteiger charge is -2.14. The monoisotopic (exact) mass is 420 g/mol. The Hall–Kier alpha value is -2.34. The van der Waals surface area contributed by atoms with E-state index in [0.29, 0.717) is 34.7 Å². The molecule has 0 unspecified atom stereocenters. The van der Waals surface area contributed by atoms with Crippen molar-refractivity contribution in [2.75, 3.05) is 19.8 Å². The highest BCUT2D eigenvalue weighted by Crippen LogP contribution is 2.37. The van der Waals surface area contributed by atoms with Gasteiger partial charge in [0.15, 0.2) is 23.9 Å². The van der Waals surface area contributed by atoms with Gasteiger partial charge in [0.05, 0.1) is 23.2 Å². The van der Waals surface area contributed by atoms with Gasteiger partial charge in [-0.2, -0.15) is 0 Å². The summed E-state index contributed by atoms with van der Waals surface area (Å²) in [6, 6.07) is 11.9. The maximum absolute atomic E-state index is 12.3.